The Bertz CT molecular complexity index is 163. The van der Waals surface area contributed by atoms with E-state index in [0.29, 0.717) is 18.0 Å². The predicted octanol–water partition coefficient (Wildman–Crippen LogP) is 1.08. The normalized spacial score (nSPS) is 29.8. The summed E-state index contributed by atoms with van der Waals surface area (Å²) >= 11 is 0. The molecule has 0 heterocycles. The van der Waals surface area contributed by atoms with Crippen molar-refractivity contribution in [3.8, 4) is 0 Å². The van der Waals surface area contributed by atoms with Crippen molar-refractivity contribution >= 4 is 0 Å². The molecule has 0 spiro atoms. The lowest BCUT2D eigenvalue weighted by molar-refractivity contribution is 0.0772. The number of nitrogens with two attached hydrogens (primary N) is 1. The van der Waals surface area contributed by atoms with Gasteiger partial charge in [0.25, 0.3) is 0 Å². The lowest BCUT2D eigenvalue weighted by Crippen LogP contribution is -2.44. The third-order valence-electron chi connectivity index (χ3n) is 3.55. The Kier molecular flexibility index (Phi) is 4.85. The summed E-state index contributed by atoms with van der Waals surface area (Å²) in [6, 6.07) is 1.17. The van der Waals surface area contributed by atoms with Crippen LogP contribution in [0.3, 0.4) is 0 Å². The van der Waals surface area contributed by atoms with E-state index in [9.17, 15) is 0 Å². The second-order valence-electron chi connectivity index (χ2n) is 4.46. The summed E-state index contributed by atoms with van der Waals surface area (Å²) in [5.74, 6) is 0.694. The van der Waals surface area contributed by atoms with Crippen molar-refractivity contribution < 1.29 is 4.74 Å². The molecule has 3 unspecified atom stereocenters. The number of nitrogens with zero attached hydrogens (tertiary/aromatic N) is 1. The van der Waals surface area contributed by atoms with Gasteiger partial charge in [0.15, 0.2) is 0 Å². The minimum atomic E-state index is 0.497. The first-order valence-electron chi connectivity index (χ1n) is 5.61. The second-order valence-corrected chi connectivity index (χ2v) is 4.46. The van der Waals surface area contributed by atoms with Crippen LogP contribution in [0, 0.1) is 5.92 Å². The molecule has 1 fully saturated rings. The number of rotatable bonds is 5. The summed E-state index contributed by atoms with van der Waals surface area (Å²) in [6.45, 7) is 3.86. The fourth-order valence-electron chi connectivity index (χ4n) is 2.51. The first kappa shape index (κ1) is 12.0. The van der Waals surface area contributed by atoms with E-state index in [1.807, 2.05) is 0 Å². The first-order chi connectivity index (χ1) is 6.70. The third-order valence-corrected chi connectivity index (χ3v) is 3.55. The van der Waals surface area contributed by atoms with Crippen LogP contribution in [0.1, 0.15) is 26.2 Å². The molecular formula is C11H24N2O. The van der Waals surface area contributed by atoms with E-state index in [0.717, 1.165) is 13.2 Å². The van der Waals surface area contributed by atoms with Gasteiger partial charge in [-0.3, -0.25) is 4.90 Å². The van der Waals surface area contributed by atoms with Crippen LogP contribution < -0.4 is 5.73 Å². The molecule has 0 amide bonds. The molecule has 1 aliphatic carbocycles. The van der Waals surface area contributed by atoms with Crippen molar-refractivity contribution in [2.24, 2.45) is 11.7 Å². The highest BCUT2D eigenvalue weighted by atomic mass is 16.5. The summed E-state index contributed by atoms with van der Waals surface area (Å²) in [6.07, 6.45) is 3.92. The average molecular weight is 200 g/mol. The van der Waals surface area contributed by atoms with Crippen LogP contribution >= 0.6 is 0 Å². The summed E-state index contributed by atoms with van der Waals surface area (Å²) in [7, 11) is 3.96. The van der Waals surface area contributed by atoms with Gasteiger partial charge in [-0.1, -0.05) is 6.42 Å². The summed E-state index contributed by atoms with van der Waals surface area (Å²) < 4.78 is 5.18. The topological polar surface area (TPSA) is 38.5 Å². The Balaban J connectivity index is 2.45. The fraction of sp³-hybridized carbons (Fsp3) is 1.00. The van der Waals surface area contributed by atoms with Crippen molar-refractivity contribution in [1.29, 1.82) is 0 Å². The average Bonchev–Trinajstić information content (AvgIpc) is 2.64. The van der Waals surface area contributed by atoms with Crippen molar-refractivity contribution in [2.75, 3.05) is 27.3 Å². The van der Waals surface area contributed by atoms with Crippen molar-refractivity contribution in [1.82, 2.24) is 4.90 Å². The van der Waals surface area contributed by atoms with Crippen LogP contribution in [0.15, 0.2) is 0 Å². The zero-order valence-electron chi connectivity index (χ0n) is 9.70. The number of hydrogen-bond acceptors (Lipinski definition) is 3. The Labute approximate surface area is 87.6 Å². The molecule has 0 aromatic heterocycles. The van der Waals surface area contributed by atoms with E-state index in [2.05, 4.69) is 18.9 Å². The van der Waals surface area contributed by atoms with Gasteiger partial charge in [0.05, 0.1) is 6.61 Å². The highest BCUT2D eigenvalue weighted by Gasteiger charge is 2.31. The highest BCUT2D eigenvalue weighted by Crippen LogP contribution is 2.29. The van der Waals surface area contributed by atoms with Crippen LogP contribution in [-0.2, 0) is 4.74 Å². The SMILES string of the molecule is COCC(C)N(C)C1CCCC1CN. The molecule has 14 heavy (non-hydrogen) atoms. The van der Waals surface area contributed by atoms with Gasteiger partial charge in [-0.05, 0) is 39.3 Å². The van der Waals surface area contributed by atoms with Gasteiger partial charge < -0.3 is 10.5 Å². The Hall–Kier alpha value is -0.120. The minimum absolute atomic E-state index is 0.497. The maximum absolute atomic E-state index is 5.78. The molecule has 0 aromatic rings. The number of hydrogen-bond donors (Lipinski definition) is 1. The van der Waals surface area contributed by atoms with Gasteiger partial charge >= 0.3 is 0 Å². The minimum Gasteiger partial charge on any atom is -0.383 e. The maximum Gasteiger partial charge on any atom is 0.0615 e. The van der Waals surface area contributed by atoms with E-state index < -0.39 is 0 Å². The second kappa shape index (κ2) is 5.69. The van der Waals surface area contributed by atoms with Gasteiger partial charge in [-0.2, -0.15) is 0 Å². The van der Waals surface area contributed by atoms with Crippen molar-refractivity contribution in [3.63, 3.8) is 0 Å². The highest BCUT2D eigenvalue weighted by molar-refractivity contribution is 4.86. The largest absolute Gasteiger partial charge is 0.383 e. The molecule has 3 heteroatoms. The molecule has 84 valence electrons. The number of ether oxygens (including phenoxy) is 1. The number of methoxy groups -OCH3 is 1. The molecule has 0 aliphatic heterocycles. The maximum atomic E-state index is 5.78. The van der Waals surface area contributed by atoms with Crippen LogP contribution in [0.25, 0.3) is 0 Å². The summed E-state index contributed by atoms with van der Waals surface area (Å²) in [4.78, 5) is 2.44. The van der Waals surface area contributed by atoms with Gasteiger partial charge in [0, 0.05) is 19.2 Å². The molecular weight excluding hydrogens is 176 g/mol. The molecule has 1 rings (SSSR count). The molecule has 1 saturated carbocycles. The van der Waals surface area contributed by atoms with E-state index in [1.165, 1.54) is 19.3 Å². The van der Waals surface area contributed by atoms with E-state index >= 15 is 0 Å². The molecule has 1 aliphatic rings. The van der Waals surface area contributed by atoms with Crippen LogP contribution in [-0.4, -0.2) is 44.3 Å². The monoisotopic (exact) mass is 200 g/mol. The standard InChI is InChI=1S/C11H24N2O/c1-9(8-14-3)13(2)11-6-4-5-10(11)7-12/h9-11H,4-8,12H2,1-3H3. The van der Waals surface area contributed by atoms with Gasteiger partial charge in [0.2, 0.25) is 0 Å². The summed E-state index contributed by atoms with van der Waals surface area (Å²) in [5, 5.41) is 0. The number of likely N-dealkylation sites (N-methyl/N-ethyl adjacent to an activating group) is 1. The van der Waals surface area contributed by atoms with Crippen molar-refractivity contribution in [3.05, 3.63) is 0 Å². The first-order valence-corrected chi connectivity index (χ1v) is 5.61. The molecule has 0 radical (unpaired) electrons. The molecule has 0 bridgehead atoms. The summed E-state index contributed by atoms with van der Waals surface area (Å²) in [5.41, 5.74) is 5.78. The molecule has 3 atom stereocenters. The zero-order valence-corrected chi connectivity index (χ0v) is 9.70. The van der Waals surface area contributed by atoms with E-state index in [-0.39, 0.29) is 0 Å². The van der Waals surface area contributed by atoms with Crippen LogP contribution in [0.2, 0.25) is 0 Å². The van der Waals surface area contributed by atoms with E-state index in [4.69, 9.17) is 10.5 Å². The quantitative estimate of drug-likeness (QED) is 0.722. The fourth-order valence-corrected chi connectivity index (χ4v) is 2.51. The molecule has 0 saturated heterocycles. The molecule has 2 N–H and O–H groups in total. The third kappa shape index (κ3) is 2.69. The van der Waals surface area contributed by atoms with Gasteiger partial charge in [0.1, 0.15) is 0 Å². The lowest BCUT2D eigenvalue weighted by atomic mass is 10.0. The lowest BCUT2D eigenvalue weighted by Gasteiger charge is -2.33. The van der Waals surface area contributed by atoms with Crippen LogP contribution in [0.4, 0.5) is 0 Å². The Morgan fingerprint density at radius 1 is 1.50 bits per heavy atom. The Morgan fingerprint density at radius 2 is 2.21 bits per heavy atom. The van der Waals surface area contributed by atoms with Gasteiger partial charge in [-0.15, -0.1) is 0 Å². The zero-order chi connectivity index (χ0) is 10.6. The predicted molar refractivity (Wildman–Crippen MR) is 59.3 cm³/mol. The Morgan fingerprint density at radius 3 is 2.79 bits per heavy atom. The van der Waals surface area contributed by atoms with E-state index in [1.54, 1.807) is 7.11 Å². The van der Waals surface area contributed by atoms with Crippen LogP contribution in [0.5, 0.6) is 0 Å². The van der Waals surface area contributed by atoms with Gasteiger partial charge in [-0.25, -0.2) is 0 Å². The molecule has 0 aromatic carbocycles. The van der Waals surface area contributed by atoms with Crippen molar-refractivity contribution in [2.45, 2.75) is 38.3 Å². The molecule has 3 nitrogen and oxygen atoms in total. The smallest absolute Gasteiger partial charge is 0.0615 e.